The predicted molar refractivity (Wildman–Crippen MR) is 75.2 cm³/mol. The molecule has 0 bridgehead atoms. The number of carboxylic acids is 1. The summed E-state index contributed by atoms with van der Waals surface area (Å²) < 4.78 is 23.8. The van der Waals surface area contributed by atoms with Crippen LogP contribution in [-0.4, -0.2) is 54.8 Å². The van der Waals surface area contributed by atoms with Gasteiger partial charge in [-0.15, -0.1) is 0 Å². The molecule has 1 aliphatic rings. The van der Waals surface area contributed by atoms with Gasteiger partial charge in [-0.25, -0.2) is 4.39 Å². The van der Waals surface area contributed by atoms with Gasteiger partial charge in [0, 0.05) is 13.1 Å². The van der Waals surface area contributed by atoms with Crippen molar-refractivity contribution in [1.29, 1.82) is 0 Å². The van der Waals surface area contributed by atoms with Crippen LogP contribution in [0.4, 0.5) is 4.39 Å². The molecule has 0 spiro atoms. The first-order valence-corrected chi connectivity index (χ1v) is 6.93. The Balaban J connectivity index is 1.96. The third-order valence-electron chi connectivity index (χ3n) is 3.47. The van der Waals surface area contributed by atoms with Gasteiger partial charge in [0.05, 0.1) is 32.7 Å². The fourth-order valence-electron chi connectivity index (χ4n) is 2.37. The van der Waals surface area contributed by atoms with Crippen LogP contribution in [0.5, 0.6) is 5.75 Å². The number of methoxy groups -OCH3 is 1. The Bertz CT molecular complexity index is 563. The van der Waals surface area contributed by atoms with Gasteiger partial charge in [0.1, 0.15) is 0 Å². The zero-order valence-corrected chi connectivity index (χ0v) is 12.3. The van der Waals surface area contributed by atoms with Crippen molar-refractivity contribution in [2.75, 3.05) is 26.8 Å². The molecule has 1 atom stereocenters. The molecule has 1 saturated heterocycles. The molecule has 1 aliphatic heterocycles. The number of morpholine rings is 1. The smallest absolute Gasteiger partial charge is 0.306 e. The lowest BCUT2D eigenvalue weighted by Gasteiger charge is -2.32. The van der Waals surface area contributed by atoms with Crippen molar-refractivity contribution in [2.24, 2.45) is 0 Å². The molecule has 2 rings (SSSR count). The number of hydrogen-bond donors (Lipinski definition) is 1. The van der Waals surface area contributed by atoms with E-state index in [0.29, 0.717) is 18.7 Å². The van der Waals surface area contributed by atoms with Gasteiger partial charge in [0.2, 0.25) is 5.91 Å². The number of halogens is 1. The number of benzene rings is 1. The van der Waals surface area contributed by atoms with Crippen LogP contribution >= 0.6 is 0 Å². The van der Waals surface area contributed by atoms with Gasteiger partial charge in [-0.05, 0) is 17.7 Å². The lowest BCUT2D eigenvalue weighted by atomic mass is 10.1. The van der Waals surface area contributed by atoms with E-state index in [1.54, 1.807) is 11.0 Å². The highest BCUT2D eigenvalue weighted by molar-refractivity contribution is 5.79. The van der Waals surface area contributed by atoms with Crippen molar-refractivity contribution in [3.63, 3.8) is 0 Å². The highest BCUT2D eigenvalue weighted by Crippen LogP contribution is 2.19. The second-order valence-corrected chi connectivity index (χ2v) is 5.08. The number of aliphatic carboxylic acids is 1. The maximum atomic E-state index is 13.6. The second-order valence-electron chi connectivity index (χ2n) is 5.08. The number of ether oxygens (including phenoxy) is 2. The van der Waals surface area contributed by atoms with Crippen molar-refractivity contribution in [2.45, 2.75) is 18.9 Å². The maximum Gasteiger partial charge on any atom is 0.306 e. The molecule has 120 valence electrons. The van der Waals surface area contributed by atoms with Crippen LogP contribution in [-0.2, 0) is 20.7 Å². The average Bonchev–Trinajstić information content (AvgIpc) is 2.47. The summed E-state index contributed by atoms with van der Waals surface area (Å²) in [5, 5.41) is 8.77. The summed E-state index contributed by atoms with van der Waals surface area (Å²) in [6.45, 7) is 0.956. The number of amides is 1. The van der Waals surface area contributed by atoms with Crippen LogP contribution in [0.25, 0.3) is 0 Å². The number of carbonyl (C=O) groups excluding carboxylic acids is 1. The molecular weight excluding hydrogens is 293 g/mol. The Labute approximate surface area is 127 Å². The van der Waals surface area contributed by atoms with E-state index in [-0.39, 0.29) is 31.0 Å². The van der Waals surface area contributed by atoms with Gasteiger partial charge in [-0.1, -0.05) is 6.07 Å². The first-order chi connectivity index (χ1) is 10.5. The summed E-state index contributed by atoms with van der Waals surface area (Å²) >= 11 is 0. The molecule has 1 fully saturated rings. The van der Waals surface area contributed by atoms with Crippen LogP contribution in [0.1, 0.15) is 12.0 Å². The largest absolute Gasteiger partial charge is 0.494 e. The SMILES string of the molecule is COc1ccc(CC(=O)N2CCOC(CC(=O)O)C2)cc1F. The Hall–Kier alpha value is -2.15. The first kappa shape index (κ1) is 16.2. The summed E-state index contributed by atoms with van der Waals surface area (Å²) in [5.74, 6) is -1.53. The molecule has 1 aromatic carbocycles. The zero-order chi connectivity index (χ0) is 16.1. The molecule has 22 heavy (non-hydrogen) atoms. The third-order valence-corrected chi connectivity index (χ3v) is 3.47. The fourth-order valence-corrected chi connectivity index (χ4v) is 2.37. The molecule has 0 saturated carbocycles. The minimum Gasteiger partial charge on any atom is -0.494 e. The monoisotopic (exact) mass is 311 g/mol. The molecule has 0 radical (unpaired) electrons. The Kier molecular flexibility index (Phi) is 5.32. The van der Waals surface area contributed by atoms with Crippen molar-refractivity contribution < 1.29 is 28.6 Å². The fraction of sp³-hybridized carbons (Fsp3) is 0.467. The van der Waals surface area contributed by atoms with Gasteiger partial charge in [-0.2, -0.15) is 0 Å². The van der Waals surface area contributed by atoms with E-state index in [0.717, 1.165) is 0 Å². The van der Waals surface area contributed by atoms with Gasteiger partial charge in [0.15, 0.2) is 11.6 Å². The van der Waals surface area contributed by atoms with Gasteiger partial charge < -0.3 is 19.5 Å². The van der Waals surface area contributed by atoms with E-state index in [4.69, 9.17) is 14.6 Å². The number of carbonyl (C=O) groups is 2. The van der Waals surface area contributed by atoms with Crippen molar-refractivity contribution >= 4 is 11.9 Å². The van der Waals surface area contributed by atoms with Crippen molar-refractivity contribution in [3.8, 4) is 5.75 Å². The molecule has 1 amide bonds. The summed E-state index contributed by atoms with van der Waals surface area (Å²) in [6, 6.07) is 4.38. The quantitative estimate of drug-likeness (QED) is 0.880. The van der Waals surface area contributed by atoms with E-state index in [2.05, 4.69) is 0 Å². The second kappa shape index (κ2) is 7.22. The van der Waals surface area contributed by atoms with E-state index in [1.165, 1.54) is 19.2 Å². The van der Waals surface area contributed by atoms with Crippen LogP contribution in [0.2, 0.25) is 0 Å². The summed E-state index contributed by atoms with van der Waals surface area (Å²) in [7, 11) is 1.37. The minimum absolute atomic E-state index is 0.0563. The highest BCUT2D eigenvalue weighted by Gasteiger charge is 2.26. The Morgan fingerprint density at radius 2 is 2.27 bits per heavy atom. The summed E-state index contributed by atoms with van der Waals surface area (Å²) in [5.41, 5.74) is 0.546. The third kappa shape index (κ3) is 4.17. The van der Waals surface area contributed by atoms with E-state index < -0.39 is 17.9 Å². The molecule has 0 aliphatic carbocycles. The van der Waals surface area contributed by atoms with Crippen LogP contribution in [0, 0.1) is 5.82 Å². The number of hydrogen-bond acceptors (Lipinski definition) is 4. The summed E-state index contributed by atoms with van der Waals surface area (Å²) in [4.78, 5) is 24.5. The van der Waals surface area contributed by atoms with E-state index in [1.807, 2.05) is 0 Å². The lowest BCUT2D eigenvalue weighted by Crippen LogP contribution is -2.46. The molecule has 0 aromatic heterocycles. The predicted octanol–water partition coefficient (Wildman–Crippen LogP) is 1.08. The number of carboxylic acid groups (broad SMARTS) is 1. The molecule has 1 aromatic rings. The van der Waals surface area contributed by atoms with Gasteiger partial charge in [0.25, 0.3) is 0 Å². The normalized spacial score (nSPS) is 18.1. The van der Waals surface area contributed by atoms with Crippen LogP contribution in [0.15, 0.2) is 18.2 Å². The molecule has 1 unspecified atom stereocenters. The van der Waals surface area contributed by atoms with Crippen molar-refractivity contribution in [1.82, 2.24) is 4.90 Å². The van der Waals surface area contributed by atoms with Crippen LogP contribution < -0.4 is 4.74 Å². The summed E-state index contributed by atoms with van der Waals surface area (Å²) in [6.07, 6.45) is -0.579. The molecule has 7 heteroatoms. The number of rotatable bonds is 5. The molecular formula is C15H18FNO5. The standard InChI is InChI=1S/C15H18FNO5/c1-21-13-3-2-10(6-12(13)16)7-14(18)17-4-5-22-11(9-17)8-15(19)20/h2-3,6,11H,4-5,7-9H2,1H3,(H,19,20). The lowest BCUT2D eigenvalue weighted by molar-refractivity contribution is -0.147. The highest BCUT2D eigenvalue weighted by atomic mass is 19.1. The Morgan fingerprint density at radius 1 is 1.50 bits per heavy atom. The van der Waals surface area contributed by atoms with Gasteiger partial charge in [-0.3, -0.25) is 9.59 Å². The first-order valence-electron chi connectivity index (χ1n) is 6.93. The minimum atomic E-state index is -0.962. The molecule has 1 N–H and O–H groups in total. The molecule has 6 nitrogen and oxygen atoms in total. The van der Waals surface area contributed by atoms with Crippen molar-refractivity contribution in [3.05, 3.63) is 29.6 Å². The molecule has 1 heterocycles. The average molecular weight is 311 g/mol. The topological polar surface area (TPSA) is 76.1 Å². The zero-order valence-electron chi connectivity index (χ0n) is 12.3. The number of nitrogens with zero attached hydrogens (tertiary/aromatic N) is 1. The van der Waals surface area contributed by atoms with E-state index in [9.17, 15) is 14.0 Å². The van der Waals surface area contributed by atoms with Crippen LogP contribution in [0.3, 0.4) is 0 Å². The maximum absolute atomic E-state index is 13.6. The van der Waals surface area contributed by atoms with Gasteiger partial charge >= 0.3 is 5.97 Å². The Morgan fingerprint density at radius 3 is 2.91 bits per heavy atom. The van der Waals surface area contributed by atoms with E-state index >= 15 is 0 Å².